The van der Waals surface area contributed by atoms with Crippen LogP contribution in [0.1, 0.15) is 29.4 Å². The highest BCUT2D eigenvalue weighted by atomic mass is 16.5. The lowest BCUT2D eigenvalue weighted by atomic mass is 10.2. The van der Waals surface area contributed by atoms with Crippen LogP contribution in [0.3, 0.4) is 0 Å². The minimum Gasteiger partial charge on any atom is -0.480 e. The number of carbonyl (C=O) groups excluding carboxylic acids is 1. The van der Waals surface area contributed by atoms with Gasteiger partial charge in [-0.1, -0.05) is 0 Å². The van der Waals surface area contributed by atoms with Crippen LogP contribution in [0.15, 0.2) is 18.3 Å². The first kappa shape index (κ1) is 12.2. The minimum absolute atomic E-state index is 0.0607. The van der Waals surface area contributed by atoms with Gasteiger partial charge in [-0.2, -0.15) is 0 Å². The number of carboxylic acids is 1. The second-order valence-electron chi connectivity index (χ2n) is 4.96. The number of amides is 1. The average Bonchev–Trinajstić information content (AvgIpc) is 3.15. The van der Waals surface area contributed by atoms with E-state index in [0.29, 0.717) is 24.9 Å². The number of carbonyl (C=O) groups is 2. The van der Waals surface area contributed by atoms with E-state index in [4.69, 9.17) is 9.84 Å². The summed E-state index contributed by atoms with van der Waals surface area (Å²) in [6.07, 6.45) is 4.06. The fraction of sp³-hybridized carbons (Fsp3) is 0.538. The van der Waals surface area contributed by atoms with Crippen LogP contribution < -0.4 is 0 Å². The molecule has 1 aromatic rings. The van der Waals surface area contributed by atoms with Crippen LogP contribution >= 0.6 is 0 Å². The summed E-state index contributed by atoms with van der Waals surface area (Å²) in [5.74, 6) is -1.23. The molecule has 1 atom stereocenters. The first-order valence-corrected chi connectivity index (χ1v) is 6.47. The summed E-state index contributed by atoms with van der Waals surface area (Å²) in [5.41, 5.74) is 0.579. The Balaban J connectivity index is 1.85. The molecule has 2 aliphatic rings. The van der Waals surface area contributed by atoms with Gasteiger partial charge in [0.15, 0.2) is 6.04 Å². The second-order valence-corrected chi connectivity index (χ2v) is 4.96. The summed E-state index contributed by atoms with van der Waals surface area (Å²) < 4.78 is 7.10. The maximum Gasteiger partial charge on any atom is 0.328 e. The molecular formula is C13H16N2O4. The first-order valence-electron chi connectivity index (χ1n) is 6.47. The molecule has 2 heterocycles. The number of carboxylic acid groups (broad SMARTS) is 1. The topological polar surface area (TPSA) is 71.8 Å². The molecule has 0 bridgehead atoms. The van der Waals surface area contributed by atoms with E-state index in [2.05, 4.69) is 0 Å². The van der Waals surface area contributed by atoms with Crippen LogP contribution in [0.5, 0.6) is 0 Å². The summed E-state index contributed by atoms with van der Waals surface area (Å²) in [6.45, 7) is 0.774. The molecule has 6 heteroatoms. The standard InChI is InChI=1S/C13H16N2O4/c16-12(10-2-1-5-14(10)9-3-4-9)15-6-7-19-8-11(15)13(17)18/h1-2,5,9,11H,3-4,6-8H2,(H,17,18). The molecule has 0 aromatic carbocycles. The van der Waals surface area contributed by atoms with Crippen molar-refractivity contribution in [3.8, 4) is 0 Å². The maximum atomic E-state index is 12.5. The molecule has 3 rings (SSSR count). The van der Waals surface area contributed by atoms with E-state index in [9.17, 15) is 9.59 Å². The second kappa shape index (κ2) is 4.70. The molecule has 1 aromatic heterocycles. The van der Waals surface area contributed by atoms with Gasteiger partial charge in [-0.3, -0.25) is 4.79 Å². The van der Waals surface area contributed by atoms with Crippen molar-refractivity contribution >= 4 is 11.9 Å². The third-order valence-electron chi connectivity index (χ3n) is 3.61. The summed E-state index contributed by atoms with van der Waals surface area (Å²) in [7, 11) is 0. The van der Waals surface area contributed by atoms with Crippen LogP contribution in [0, 0.1) is 0 Å². The molecule has 2 fully saturated rings. The number of morpholine rings is 1. The lowest BCUT2D eigenvalue weighted by molar-refractivity contribution is -0.147. The number of hydrogen-bond donors (Lipinski definition) is 1. The van der Waals surface area contributed by atoms with E-state index in [-0.39, 0.29) is 12.5 Å². The van der Waals surface area contributed by atoms with E-state index < -0.39 is 12.0 Å². The molecule has 1 saturated heterocycles. The molecular weight excluding hydrogens is 248 g/mol. The summed E-state index contributed by atoms with van der Waals surface area (Å²) >= 11 is 0. The lowest BCUT2D eigenvalue weighted by Gasteiger charge is -2.33. The largest absolute Gasteiger partial charge is 0.480 e. The van der Waals surface area contributed by atoms with E-state index in [1.165, 1.54) is 4.90 Å². The maximum absolute atomic E-state index is 12.5. The predicted molar refractivity (Wildman–Crippen MR) is 66.0 cm³/mol. The third-order valence-corrected chi connectivity index (χ3v) is 3.61. The van der Waals surface area contributed by atoms with Crippen LogP contribution in [-0.2, 0) is 9.53 Å². The molecule has 1 aliphatic heterocycles. The molecule has 102 valence electrons. The Morgan fingerprint density at radius 2 is 2.16 bits per heavy atom. The van der Waals surface area contributed by atoms with Crippen LogP contribution in [0.2, 0.25) is 0 Å². The van der Waals surface area contributed by atoms with Gasteiger partial charge in [-0.25, -0.2) is 4.79 Å². The normalized spacial score (nSPS) is 23.4. The van der Waals surface area contributed by atoms with Gasteiger partial charge < -0.3 is 19.3 Å². The smallest absolute Gasteiger partial charge is 0.328 e. The van der Waals surface area contributed by atoms with Gasteiger partial charge in [0.2, 0.25) is 0 Å². The molecule has 1 aliphatic carbocycles. The van der Waals surface area contributed by atoms with E-state index in [1.54, 1.807) is 6.07 Å². The molecule has 1 saturated carbocycles. The van der Waals surface area contributed by atoms with Crippen LogP contribution in [0.4, 0.5) is 0 Å². The van der Waals surface area contributed by atoms with Crippen molar-refractivity contribution in [1.82, 2.24) is 9.47 Å². The predicted octanol–water partition coefficient (Wildman–Crippen LogP) is 0.749. The number of aromatic nitrogens is 1. The number of hydrogen-bond acceptors (Lipinski definition) is 3. The number of nitrogens with zero attached hydrogens (tertiary/aromatic N) is 2. The van der Waals surface area contributed by atoms with Gasteiger partial charge in [0, 0.05) is 18.8 Å². The highest BCUT2D eigenvalue weighted by molar-refractivity contribution is 5.95. The number of aliphatic carboxylic acids is 1. The fourth-order valence-corrected chi connectivity index (χ4v) is 2.44. The number of rotatable bonds is 3. The monoisotopic (exact) mass is 264 g/mol. The molecule has 1 N–H and O–H groups in total. The Hall–Kier alpha value is -1.82. The van der Waals surface area contributed by atoms with Gasteiger partial charge in [0.1, 0.15) is 5.69 Å². The molecule has 1 amide bonds. The van der Waals surface area contributed by atoms with E-state index >= 15 is 0 Å². The van der Waals surface area contributed by atoms with Crippen molar-refractivity contribution in [1.29, 1.82) is 0 Å². The van der Waals surface area contributed by atoms with E-state index in [1.807, 2.05) is 16.8 Å². The van der Waals surface area contributed by atoms with E-state index in [0.717, 1.165) is 12.8 Å². The van der Waals surface area contributed by atoms with Crippen molar-refractivity contribution in [2.75, 3.05) is 19.8 Å². The van der Waals surface area contributed by atoms with Crippen LogP contribution in [0.25, 0.3) is 0 Å². The quantitative estimate of drug-likeness (QED) is 0.874. The van der Waals surface area contributed by atoms with Gasteiger partial charge >= 0.3 is 5.97 Å². The first-order chi connectivity index (χ1) is 9.18. The molecule has 0 spiro atoms. The van der Waals surface area contributed by atoms with Crippen molar-refractivity contribution in [3.05, 3.63) is 24.0 Å². The van der Waals surface area contributed by atoms with Crippen molar-refractivity contribution < 1.29 is 19.4 Å². The zero-order chi connectivity index (χ0) is 13.4. The van der Waals surface area contributed by atoms with Crippen molar-refractivity contribution in [2.24, 2.45) is 0 Å². The molecule has 19 heavy (non-hydrogen) atoms. The highest BCUT2D eigenvalue weighted by Gasteiger charge is 2.35. The molecule has 1 unspecified atom stereocenters. The fourth-order valence-electron chi connectivity index (χ4n) is 2.44. The highest BCUT2D eigenvalue weighted by Crippen LogP contribution is 2.36. The SMILES string of the molecule is O=C(O)C1COCCN1C(=O)c1cccn1C1CC1. The molecule has 6 nitrogen and oxygen atoms in total. The Kier molecular flexibility index (Phi) is 3.02. The zero-order valence-electron chi connectivity index (χ0n) is 10.5. The Morgan fingerprint density at radius 3 is 2.84 bits per heavy atom. The van der Waals surface area contributed by atoms with Gasteiger partial charge in [0.05, 0.1) is 13.2 Å². The summed E-state index contributed by atoms with van der Waals surface area (Å²) in [6, 6.07) is 3.11. The number of ether oxygens (including phenoxy) is 1. The van der Waals surface area contributed by atoms with Gasteiger partial charge in [0.25, 0.3) is 5.91 Å². The molecule has 0 radical (unpaired) electrons. The Bertz CT molecular complexity index is 506. The van der Waals surface area contributed by atoms with Crippen molar-refractivity contribution in [3.63, 3.8) is 0 Å². The average molecular weight is 264 g/mol. The van der Waals surface area contributed by atoms with Crippen LogP contribution in [-0.4, -0.2) is 52.3 Å². The Labute approximate surface area is 110 Å². The summed E-state index contributed by atoms with van der Waals surface area (Å²) in [5, 5.41) is 9.17. The lowest BCUT2D eigenvalue weighted by Crippen LogP contribution is -2.52. The Morgan fingerprint density at radius 1 is 1.37 bits per heavy atom. The van der Waals surface area contributed by atoms with Crippen molar-refractivity contribution in [2.45, 2.75) is 24.9 Å². The van der Waals surface area contributed by atoms with Gasteiger partial charge in [-0.05, 0) is 25.0 Å². The zero-order valence-corrected chi connectivity index (χ0v) is 10.5. The minimum atomic E-state index is -1.02. The third kappa shape index (κ3) is 2.23. The van der Waals surface area contributed by atoms with Gasteiger partial charge in [-0.15, -0.1) is 0 Å². The summed E-state index contributed by atoms with van der Waals surface area (Å²) in [4.78, 5) is 25.1.